The maximum absolute atomic E-state index is 12.3. The van der Waals surface area contributed by atoms with E-state index in [0.29, 0.717) is 17.7 Å². The molecule has 0 aliphatic heterocycles. The molecule has 4 nitrogen and oxygen atoms in total. The van der Waals surface area contributed by atoms with Crippen LogP contribution in [-0.4, -0.2) is 32.0 Å². The Balaban J connectivity index is 2.97. The average Bonchev–Trinajstić information content (AvgIpc) is 2.37. The Morgan fingerprint density at radius 3 is 2.70 bits per heavy atom. The highest BCUT2D eigenvalue weighted by Crippen LogP contribution is 2.17. The van der Waals surface area contributed by atoms with Gasteiger partial charge in [0, 0.05) is 12.1 Å². The molecular formula is C13H20N2O2S3. The van der Waals surface area contributed by atoms with E-state index < -0.39 is 10.0 Å². The molecular weight excluding hydrogens is 312 g/mol. The summed E-state index contributed by atoms with van der Waals surface area (Å²) >= 11 is 6.59. The molecule has 0 aliphatic rings. The average molecular weight is 333 g/mol. The molecule has 112 valence electrons. The van der Waals surface area contributed by atoms with E-state index in [4.69, 9.17) is 18.0 Å². The van der Waals surface area contributed by atoms with Crippen molar-refractivity contribution in [1.82, 2.24) is 4.72 Å². The second-order valence-corrected chi connectivity index (χ2v) is 7.84. The van der Waals surface area contributed by atoms with Crippen LogP contribution in [0.25, 0.3) is 0 Å². The van der Waals surface area contributed by atoms with Crippen molar-refractivity contribution in [2.75, 3.05) is 18.6 Å². The van der Waals surface area contributed by atoms with E-state index in [1.807, 2.05) is 13.2 Å². The number of benzene rings is 1. The standard InChI is InChI=1S/C13H20N2O2S3/c1-9(8-19-3)7-15-20(16,17)12-6-11(13(14)18)5-4-10(12)2/h4-6,9,15H,7-8H2,1-3H3,(H2,14,18). The van der Waals surface area contributed by atoms with Crippen molar-refractivity contribution < 1.29 is 8.42 Å². The number of aryl methyl sites for hydroxylation is 1. The van der Waals surface area contributed by atoms with Crippen LogP contribution in [0, 0.1) is 12.8 Å². The normalized spacial score (nSPS) is 13.2. The molecule has 1 aromatic rings. The molecule has 1 aromatic carbocycles. The van der Waals surface area contributed by atoms with Gasteiger partial charge in [0.1, 0.15) is 4.99 Å². The van der Waals surface area contributed by atoms with Crippen molar-refractivity contribution in [2.45, 2.75) is 18.7 Å². The Kier molecular flexibility index (Phi) is 6.44. The summed E-state index contributed by atoms with van der Waals surface area (Å²) in [6.07, 6.45) is 2.00. The Labute approximate surface area is 130 Å². The molecule has 0 aromatic heterocycles. The van der Waals surface area contributed by atoms with Gasteiger partial charge in [-0.25, -0.2) is 13.1 Å². The topological polar surface area (TPSA) is 72.2 Å². The maximum atomic E-state index is 12.3. The molecule has 0 aliphatic carbocycles. The Hall–Kier alpha value is -0.630. The first-order valence-electron chi connectivity index (χ1n) is 6.17. The third-order valence-electron chi connectivity index (χ3n) is 2.84. The molecule has 0 radical (unpaired) electrons. The summed E-state index contributed by atoms with van der Waals surface area (Å²) in [5.41, 5.74) is 6.79. The second kappa shape index (κ2) is 7.40. The molecule has 0 heterocycles. The van der Waals surface area contributed by atoms with Gasteiger partial charge in [0.2, 0.25) is 10.0 Å². The fourth-order valence-corrected chi connectivity index (χ4v) is 3.96. The molecule has 0 saturated heterocycles. The lowest BCUT2D eigenvalue weighted by atomic mass is 10.1. The minimum absolute atomic E-state index is 0.192. The van der Waals surface area contributed by atoms with Crippen LogP contribution in [0.5, 0.6) is 0 Å². The van der Waals surface area contributed by atoms with Gasteiger partial charge in [-0.3, -0.25) is 0 Å². The Bertz CT molecular complexity index is 585. The van der Waals surface area contributed by atoms with E-state index in [-0.39, 0.29) is 15.8 Å². The lowest BCUT2D eigenvalue weighted by Crippen LogP contribution is -2.30. The molecule has 1 atom stereocenters. The van der Waals surface area contributed by atoms with Gasteiger partial charge in [0.15, 0.2) is 0 Å². The van der Waals surface area contributed by atoms with E-state index in [2.05, 4.69) is 4.72 Å². The van der Waals surface area contributed by atoms with Crippen LogP contribution in [0.3, 0.4) is 0 Å². The number of thiocarbonyl (C=S) groups is 1. The zero-order chi connectivity index (χ0) is 15.3. The summed E-state index contributed by atoms with van der Waals surface area (Å²) in [6, 6.07) is 4.97. The van der Waals surface area contributed by atoms with Gasteiger partial charge in [0.25, 0.3) is 0 Å². The summed E-state index contributed by atoms with van der Waals surface area (Å²) in [5, 5.41) is 0. The molecule has 0 fully saturated rings. The highest BCUT2D eigenvalue weighted by molar-refractivity contribution is 7.98. The van der Waals surface area contributed by atoms with Crippen molar-refractivity contribution in [3.63, 3.8) is 0 Å². The summed E-state index contributed by atoms with van der Waals surface area (Å²) in [6.45, 7) is 4.18. The lowest BCUT2D eigenvalue weighted by Gasteiger charge is -2.14. The Morgan fingerprint density at radius 1 is 1.50 bits per heavy atom. The molecule has 20 heavy (non-hydrogen) atoms. The van der Waals surface area contributed by atoms with Crippen LogP contribution in [0.2, 0.25) is 0 Å². The molecule has 1 rings (SSSR count). The molecule has 0 spiro atoms. The smallest absolute Gasteiger partial charge is 0.240 e. The van der Waals surface area contributed by atoms with Crippen LogP contribution in [0.15, 0.2) is 23.1 Å². The largest absolute Gasteiger partial charge is 0.389 e. The number of nitrogens with two attached hydrogens (primary N) is 1. The zero-order valence-electron chi connectivity index (χ0n) is 11.8. The first kappa shape index (κ1) is 17.4. The van der Waals surface area contributed by atoms with Crippen LogP contribution in [0.4, 0.5) is 0 Å². The van der Waals surface area contributed by atoms with E-state index in [1.165, 1.54) is 6.07 Å². The van der Waals surface area contributed by atoms with Crippen molar-refractivity contribution in [3.8, 4) is 0 Å². The van der Waals surface area contributed by atoms with Gasteiger partial charge >= 0.3 is 0 Å². The predicted octanol–water partition coefficient (Wildman–Crippen LogP) is 1.91. The fraction of sp³-hybridized carbons (Fsp3) is 0.462. The lowest BCUT2D eigenvalue weighted by molar-refractivity contribution is 0.562. The van der Waals surface area contributed by atoms with Gasteiger partial charge in [-0.1, -0.05) is 31.3 Å². The SMILES string of the molecule is CSCC(C)CNS(=O)(=O)c1cc(C(N)=S)ccc1C. The summed E-state index contributed by atoms with van der Waals surface area (Å²) in [4.78, 5) is 0.427. The Morgan fingerprint density at radius 2 is 2.15 bits per heavy atom. The highest BCUT2D eigenvalue weighted by Gasteiger charge is 2.18. The molecule has 0 amide bonds. The van der Waals surface area contributed by atoms with Crippen molar-refractivity contribution in [3.05, 3.63) is 29.3 Å². The number of sulfonamides is 1. The van der Waals surface area contributed by atoms with Crippen LogP contribution in [-0.2, 0) is 10.0 Å². The van der Waals surface area contributed by atoms with Crippen LogP contribution in [0.1, 0.15) is 18.1 Å². The zero-order valence-corrected chi connectivity index (χ0v) is 14.3. The van der Waals surface area contributed by atoms with Crippen LogP contribution >= 0.6 is 24.0 Å². The van der Waals surface area contributed by atoms with E-state index in [0.717, 1.165) is 5.75 Å². The molecule has 0 bridgehead atoms. The number of hydrogen-bond donors (Lipinski definition) is 2. The summed E-state index contributed by atoms with van der Waals surface area (Å²) < 4.78 is 27.3. The minimum Gasteiger partial charge on any atom is -0.389 e. The van der Waals surface area contributed by atoms with Crippen molar-refractivity contribution in [2.24, 2.45) is 11.7 Å². The van der Waals surface area contributed by atoms with Gasteiger partial charge in [-0.05, 0) is 36.5 Å². The molecule has 7 heteroatoms. The number of rotatable bonds is 7. The van der Waals surface area contributed by atoms with Gasteiger partial charge in [0.05, 0.1) is 4.90 Å². The van der Waals surface area contributed by atoms with E-state index in [9.17, 15) is 8.42 Å². The molecule has 1 unspecified atom stereocenters. The van der Waals surface area contributed by atoms with E-state index >= 15 is 0 Å². The third-order valence-corrected chi connectivity index (χ3v) is 5.54. The minimum atomic E-state index is -3.53. The maximum Gasteiger partial charge on any atom is 0.240 e. The summed E-state index contributed by atoms with van der Waals surface area (Å²) in [5.74, 6) is 1.19. The fourth-order valence-electron chi connectivity index (χ4n) is 1.72. The number of thioether (sulfide) groups is 1. The number of nitrogens with one attached hydrogen (secondary N) is 1. The summed E-state index contributed by atoms with van der Waals surface area (Å²) in [7, 11) is -3.53. The monoisotopic (exact) mass is 332 g/mol. The van der Waals surface area contributed by atoms with Gasteiger partial charge < -0.3 is 5.73 Å². The first-order valence-corrected chi connectivity index (χ1v) is 9.45. The van der Waals surface area contributed by atoms with Gasteiger partial charge in [-0.2, -0.15) is 11.8 Å². The van der Waals surface area contributed by atoms with E-state index in [1.54, 1.807) is 30.8 Å². The first-order chi connectivity index (χ1) is 9.27. The van der Waals surface area contributed by atoms with Crippen molar-refractivity contribution >= 4 is 39.0 Å². The van der Waals surface area contributed by atoms with Crippen molar-refractivity contribution in [1.29, 1.82) is 0 Å². The van der Waals surface area contributed by atoms with Crippen LogP contribution < -0.4 is 10.5 Å². The molecule has 3 N–H and O–H groups in total. The second-order valence-electron chi connectivity index (χ2n) is 4.76. The molecule has 0 saturated carbocycles. The third kappa shape index (κ3) is 4.73. The predicted molar refractivity (Wildman–Crippen MR) is 89.8 cm³/mol. The number of hydrogen-bond acceptors (Lipinski definition) is 4. The quantitative estimate of drug-likeness (QED) is 0.746. The highest BCUT2D eigenvalue weighted by atomic mass is 32.2. The van der Waals surface area contributed by atoms with Gasteiger partial charge in [-0.15, -0.1) is 0 Å².